The molecular formula is C29H34N4O3. The molecule has 2 amide bonds. The third kappa shape index (κ3) is 5.35. The Labute approximate surface area is 212 Å². The molecule has 0 spiro atoms. The number of nitrogens with one attached hydrogen (secondary N) is 2. The highest BCUT2D eigenvalue weighted by Gasteiger charge is 2.44. The molecule has 0 bridgehead atoms. The number of aromatic nitrogens is 2. The Hall–Kier alpha value is -3.48. The number of hydrogen-bond acceptors (Lipinski definition) is 5. The highest BCUT2D eigenvalue weighted by atomic mass is 16.5. The maximum absolute atomic E-state index is 13.4. The minimum atomic E-state index is -0.361. The molecule has 0 radical (unpaired) electrons. The molecule has 5 rings (SSSR count). The van der Waals surface area contributed by atoms with Crippen LogP contribution in [0.25, 0.3) is 11.4 Å². The van der Waals surface area contributed by atoms with Crippen LogP contribution in [0.2, 0.25) is 0 Å². The van der Waals surface area contributed by atoms with Crippen LogP contribution in [0.1, 0.15) is 69.2 Å². The normalized spacial score (nSPS) is 23.2. The highest BCUT2D eigenvalue weighted by molar-refractivity contribution is 5.83. The third-order valence-electron chi connectivity index (χ3n) is 7.86. The second-order valence-electron chi connectivity index (χ2n) is 10.5. The summed E-state index contributed by atoms with van der Waals surface area (Å²) < 4.78 is 5.70. The second-order valence-corrected chi connectivity index (χ2v) is 10.5. The summed E-state index contributed by atoms with van der Waals surface area (Å²) in [5, 5.41) is 10.6. The molecule has 1 heterocycles. The molecule has 3 atom stereocenters. The summed E-state index contributed by atoms with van der Waals surface area (Å²) >= 11 is 0. The van der Waals surface area contributed by atoms with Crippen molar-refractivity contribution in [3.8, 4) is 11.4 Å². The second kappa shape index (κ2) is 10.6. The van der Waals surface area contributed by atoms with Crippen LogP contribution in [-0.2, 0) is 16.1 Å². The Morgan fingerprint density at radius 2 is 1.67 bits per heavy atom. The van der Waals surface area contributed by atoms with Gasteiger partial charge in [-0.2, -0.15) is 4.98 Å². The van der Waals surface area contributed by atoms with Crippen molar-refractivity contribution in [1.82, 2.24) is 20.8 Å². The first-order chi connectivity index (χ1) is 17.5. The number of carbonyl (C=O) groups excluding carboxylic acids is 2. The van der Waals surface area contributed by atoms with Gasteiger partial charge in [-0.3, -0.25) is 9.59 Å². The van der Waals surface area contributed by atoms with Gasteiger partial charge in [0.05, 0.1) is 5.92 Å². The number of nitrogens with zero attached hydrogens (tertiary/aromatic N) is 2. The predicted molar refractivity (Wildman–Crippen MR) is 137 cm³/mol. The van der Waals surface area contributed by atoms with E-state index in [0.29, 0.717) is 31.1 Å². The summed E-state index contributed by atoms with van der Waals surface area (Å²) in [5.74, 6) is 0.615. The summed E-state index contributed by atoms with van der Waals surface area (Å²) in [7, 11) is 0. The van der Waals surface area contributed by atoms with Crippen LogP contribution in [0, 0.1) is 11.3 Å². The SMILES string of the molecule is CC1(C(=O)N[C@@H]2C[C@@H](C(=O)NCc3ccccc3)C[C@@H]2c2nc(-c3ccccc3)no2)CCCCC1. The number of carbonyl (C=O) groups is 2. The summed E-state index contributed by atoms with van der Waals surface area (Å²) in [5.41, 5.74) is 1.57. The smallest absolute Gasteiger partial charge is 0.232 e. The van der Waals surface area contributed by atoms with Crippen molar-refractivity contribution in [2.45, 2.75) is 70.4 Å². The van der Waals surface area contributed by atoms with Crippen molar-refractivity contribution in [2.24, 2.45) is 11.3 Å². The third-order valence-corrected chi connectivity index (χ3v) is 7.86. The Morgan fingerprint density at radius 3 is 2.39 bits per heavy atom. The fraction of sp³-hybridized carbons (Fsp3) is 0.448. The molecule has 188 valence electrons. The van der Waals surface area contributed by atoms with Gasteiger partial charge in [0.2, 0.25) is 23.5 Å². The maximum Gasteiger partial charge on any atom is 0.232 e. The van der Waals surface area contributed by atoms with E-state index >= 15 is 0 Å². The fourth-order valence-corrected chi connectivity index (χ4v) is 5.61. The zero-order valence-corrected chi connectivity index (χ0v) is 20.8. The van der Waals surface area contributed by atoms with Crippen LogP contribution in [0.5, 0.6) is 0 Å². The van der Waals surface area contributed by atoms with Crippen LogP contribution in [0.15, 0.2) is 65.2 Å². The first-order valence-electron chi connectivity index (χ1n) is 13.0. The van der Waals surface area contributed by atoms with Gasteiger partial charge in [0.1, 0.15) is 0 Å². The molecule has 2 aromatic carbocycles. The van der Waals surface area contributed by atoms with E-state index in [1.54, 1.807) is 0 Å². The summed E-state index contributed by atoms with van der Waals surface area (Å²) in [6.07, 6.45) is 6.24. The largest absolute Gasteiger partial charge is 0.352 e. The van der Waals surface area contributed by atoms with Crippen LogP contribution in [-0.4, -0.2) is 28.0 Å². The van der Waals surface area contributed by atoms with Crippen molar-refractivity contribution in [2.75, 3.05) is 0 Å². The average Bonchev–Trinajstić information content (AvgIpc) is 3.56. The molecular weight excluding hydrogens is 452 g/mol. The maximum atomic E-state index is 13.4. The lowest BCUT2D eigenvalue weighted by Crippen LogP contribution is -2.46. The standard InChI is InChI=1S/C29H34N4O3/c1-29(15-9-4-10-16-29)28(35)31-24-18-22(26(34)30-19-20-11-5-2-6-12-20)17-23(24)27-32-25(33-36-27)21-13-7-3-8-14-21/h2-3,5-8,11-14,22-24H,4,9-10,15-19H2,1H3,(H,30,34)(H,31,35)/t22-,23-,24+/m0/s1. The fourth-order valence-electron chi connectivity index (χ4n) is 5.61. The lowest BCUT2D eigenvalue weighted by Gasteiger charge is -2.33. The quantitative estimate of drug-likeness (QED) is 0.490. The van der Waals surface area contributed by atoms with Gasteiger partial charge in [-0.25, -0.2) is 0 Å². The molecule has 0 saturated heterocycles. The molecule has 1 aromatic heterocycles. The Bertz CT molecular complexity index is 1170. The van der Waals surface area contributed by atoms with Gasteiger partial charge < -0.3 is 15.2 Å². The molecule has 7 nitrogen and oxygen atoms in total. The molecule has 2 fully saturated rings. The lowest BCUT2D eigenvalue weighted by molar-refractivity contribution is -0.133. The first kappa shape index (κ1) is 24.2. The summed E-state index contributed by atoms with van der Waals surface area (Å²) in [6.45, 7) is 2.55. The minimum Gasteiger partial charge on any atom is -0.352 e. The molecule has 0 unspecified atom stereocenters. The molecule has 2 aliphatic rings. The number of hydrogen-bond donors (Lipinski definition) is 2. The topological polar surface area (TPSA) is 97.1 Å². The van der Waals surface area contributed by atoms with E-state index in [-0.39, 0.29) is 35.1 Å². The van der Waals surface area contributed by atoms with Crippen molar-refractivity contribution in [3.63, 3.8) is 0 Å². The number of benzene rings is 2. The van der Waals surface area contributed by atoms with Gasteiger partial charge in [0.15, 0.2) is 0 Å². The van der Waals surface area contributed by atoms with Crippen LogP contribution < -0.4 is 10.6 Å². The first-order valence-corrected chi connectivity index (χ1v) is 13.0. The zero-order valence-electron chi connectivity index (χ0n) is 20.8. The van der Waals surface area contributed by atoms with Crippen LogP contribution in [0.4, 0.5) is 0 Å². The number of amides is 2. The van der Waals surface area contributed by atoms with Crippen molar-refractivity contribution >= 4 is 11.8 Å². The van der Waals surface area contributed by atoms with E-state index in [1.165, 1.54) is 6.42 Å². The summed E-state index contributed by atoms with van der Waals surface area (Å²) in [4.78, 5) is 31.2. The van der Waals surface area contributed by atoms with E-state index in [4.69, 9.17) is 4.52 Å². The van der Waals surface area contributed by atoms with E-state index in [9.17, 15) is 9.59 Å². The molecule has 7 heteroatoms. The highest BCUT2D eigenvalue weighted by Crippen LogP contribution is 2.41. The molecule has 2 saturated carbocycles. The predicted octanol–water partition coefficient (Wildman–Crippen LogP) is 5.00. The monoisotopic (exact) mass is 486 g/mol. The molecule has 36 heavy (non-hydrogen) atoms. The summed E-state index contributed by atoms with van der Waals surface area (Å²) in [6, 6.07) is 19.3. The lowest BCUT2D eigenvalue weighted by atomic mass is 9.75. The Morgan fingerprint density at radius 1 is 0.972 bits per heavy atom. The van der Waals surface area contributed by atoms with Gasteiger partial charge in [-0.05, 0) is 31.2 Å². The number of rotatable bonds is 7. The Kier molecular flexibility index (Phi) is 7.16. The van der Waals surface area contributed by atoms with Crippen molar-refractivity contribution < 1.29 is 14.1 Å². The van der Waals surface area contributed by atoms with Crippen molar-refractivity contribution in [1.29, 1.82) is 0 Å². The van der Waals surface area contributed by atoms with E-state index in [0.717, 1.165) is 36.8 Å². The Balaban J connectivity index is 1.33. The van der Waals surface area contributed by atoms with E-state index in [2.05, 4.69) is 27.7 Å². The van der Waals surface area contributed by atoms with Gasteiger partial charge >= 0.3 is 0 Å². The minimum absolute atomic E-state index is 0.00715. The molecule has 2 aliphatic carbocycles. The van der Waals surface area contributed by atoms with Crippen LogP contribution in [0.3, 0.4) is 0 Å². The van der Waals surface area contributed by atoms with Crippen LogP contribution >= 0.6 is 0 Å². The molecule has 2 N–H and O–H groups in total. The average molecular weight is 487 g/mol. The van der Waals surface area contributed by atoms with Gasteiger partial charge in [0, 0.05) is 29.5 Å². The van der Waals surface area contributed by atoms with Crippen molar-refractivity contribution in [3.05, 3.63) is 72.1 Å². The van der Waals surface area contributed by atoms with Gasteiger partial charge in [-0.15, -0.1) is 0 Å². The molecule has 3 aromatic rings. The zero-order chi connectivity index (χ0) is 25.0. The van der Waals surface area contributed by atoms with Gasteiger partial charge in [0.25, 0.3) is 0 Å². The van der Waals surface area contributed by atoms with Gasteiger partial charge in [-0.1, -0.05) is 92.0 Å². The van der Waals surface area contributed by atoms with E-state index < -0.39 is 0 Å². The van der Waals surface area contributed by atoms with E-state index in [1.807, 2.05) is 60.7 Å². The molecule has 0 aliphatic heterocycles.